The molecule has 0 aliphatic carbocycles. The predicted molar refractivity (Wildman–Crippen MR) is 95.6 cm³/mol. The second-order valence-electron chi connectivity index (χ2n) is 6.00. The number of aryl methyl sites for hydroxylation is 2. The highest BCUT2D eigenvalue weighted by Gasteiger charge is 2.22. The number of ether oxygens (including phenoxy) is 1. The Hall–Kier alpha value is -3.08. The molecule has 0 saturated carbocycles. The van der Waals surface area contributed by atoms with Crippen molar-refractivity contribution >= 4 is 28.5 Å². The molecule has 0 radical (unpaired) electrons. The van der Waals surface area contributed by atoms with Gasteiger partial charge in [0.2, 0.25) is 5.76 Å². The third-order valence-electron chi connectivity index (χ3n) is 3.92. The molecule has 1 N–H and O–H groups in total. The van der Waals surface area contributed by atoms with Crippen LogP contribution in [0.3, 0.4) is 0 Å². The summed E-state index contributed by atoms with van der Waals surface area (Å²) in [5, 5.41) is 3.58. The molecular formula is C20H19NO4. The Morgan fingerprint density at radius 1 is 1.08 bits per heavy atom. The fourth-order valence-corrected chi connectivity index (χ4v) is 2.54. The monoisotopic (exact) mass is 337 g/mol. The number of furan rings is 1. The van der Waals surface area contributed by atoms with Gasteiger partial charge in [0, 0.05) is 11.1 Å². The molecule has 1 unspecified atom stereocenters. The van der Waals surface area contributed by atoms with Crippen molar-refractivity contribution in [1.29, 1.82) is 0 Å². The largest absolute Gasteiger partial charge is 0.449 e. The third-order valence-corrected chi connectivity index (χ3v) is 3.92. The van der Waals surface area contributed by atoms with Gasteiger partial charge in [0.1, 0.15) is 5.58 Å². The Morgan fingerprint density at radius 3 is 2.56 bits per heavy atom. The van der Waals surface area contributed by atoms with E-state index in [9.17, 15) is 9.59 Å². The van der Waals surface area contributed by atoms with Gasteiger partial charge in [-0.2, -0.15) is 0 Å². The number of hydrogen-bond acceptors (Lipinski definition) is 4. The molecule has 3 rings (SSSR count). The van der Waals surface area contributed by atoms with E-state index in [0.717, 1.165) is 16.5 Å². The van der Waals surface area contributed by atoms with Crippen LogP contribution < -0.4 is 5.32 Å². The molecule has 1 amide bonds. The normalized spacial score (nSPS) is 12.0. The van der Waals surface area contributed by atoms with Crippen LogP contribution >= 0.6 is 0 Å². The summed E-state index contributed by atoms with van der Waals surface area (Å²) in [4.78, 5) is 24.5. The molecule has 0 spiro atoms. The van der Waals surface area contributed by atoms with E-state index in [2.05, 4.69) is 5.32 Å². The fraction of sp³-hybridized carbons (Fsp3) is 0.200. The van der Waals surface area contributed by atoms with Gasteiger partial charge in [0.25, 0.3) is 5.91 Å². The van der Waals surface area contributed by atoms with Crippen LogP contribution in [0.2, 0.25) is 0 Å². The van der Waals surface area contributed by atoms with Gasteiger partial charge >= 0.3 is 5.97 Å². The summed E-state index contributed by atoms with van der Waals surface area (Å²) in [5.74, 6) is -0.983. The summed E-state index contributed by atoms with van der Waals surface area (Å²) in [7, 11) is 0. The highest BCUT2D eigenvalue weighted by Crippen LogP contribution is 2.20. The topological polar surface area (TPSA) is 68.5 Å². The van der Waals surface area contributed by atoms with E-state index in [1.807, 2.05) is 50.2 Å². The van der Waals surface area contributed by atoms with Crippen molar-refractivity contribution < 1.29 is 18.7 Å². The lowest BCUT2D eigenvalue weighted by Crippen LogP contribution is -2.30. The minimum absolute atomic E-state index is 0.0763. The number of benzene rings is 2. The number of nitrogens with one attached hydrogen (secondary N) is 1. The third kappa shape index (κ3) is 3.71. The number of amides is 1. The van der Waals surface area contributed by atoms with E-state index in [1.165, 1.54) is 6.92 Å². The van der Waals surface area contributed by atoms with Crippen LogP contribution in [-0.4, -0.2) is 18.0 Å². The van der Waals surface area contributed by atoms with Crippen LogP contribution in [-0.2, 0) is 9.53 Å². The van der Waals surface area contributed by atoms with Crippen LogP contribution in [0.1, 0.15) is 28.6 Å². The van der Waals surface area contributed by atoms with Gasteiger partial charge < -0.3 is 14.5 Å². The lowest BCUT2D eigenvalue weighted by Gasteiger charge is -2.14. The standard InChI is InChI=1S/C20H19NO4/c1-12-8-9-16(13(2)10-12)21-19(22)14(3)24-20(23)18-11-15-6-4-5-7-17(15)25-18/h4-11,14H,1-3H3,(H,21,22). The summed E-state index contributed by atoms with van der Waals surface area (Å²) >= 11 is 0. The average Bonchev–Trinajstić information content (AvgIpc) is 3.01. The number of carbonyl (C=O) groups is 2. The smallest absolute Gasteiger partial charge is 0.375 e. The lowest BCUT2D eigenvalue weighted by molar-refractivity contribution is -0.123. The highest BCUT2D eigenvalue weighted by atomic mass is 16.6. The first-order valence-corrected chi connectivity index (χ1v) is 8.02. The van der Waals surface area contributed by atoms with E-state index >= 15 is 0 Å². The maximum absolute atomic E-state index is 12.3. The van der Waals surface area contributed by atoms with Crippen LogP contribution in [0, 0.1) is 13.8 Å². The number of para-hydroxylation sites is 1. The first-order chi connectivity index (χ1) is 11.9. The minimum Gasteiger partial charge on any atom is -0.449 e. The van der Waals surface area contributed by atoms with E-state index in [0.29, 0.717) is 11.3 Å². The Bertz CT molecular complexity index is 909. The molecule has 1 heterocycles. The summed E-state index contributed by atoms with van der Waals surface area (Å²) < 4.78 is 10.7. The molecule has 1 atom stereocenters. The van der Waals surface area contributed by atoms with E-state index in [4.69, 9.17) is 9.15 Å². The van der Waals surface area contributed by atoms with Gasteiger partial charge in [-0.25, -0.2) is 4.79 Å². The first kappa shape index (κ1) is 16.8. The van der Waals surface area contributed by atoms with Crippen molar-refractivity contribution in [3.63, 3.8) is 0 Å². The number of fused-ring (bicyclic) bond motifs is 1. The van der Waals surface area contributed by atoms with Crippen molar-refractivity contribution in [2.75, 3.05) is 5.32 Å². The molecule has 5 nitrogen and oxygen atoms in total. The summed E-state index contributed by atoms with van der Waals surface area (Å²) in [6.45, 7) is 5.42. The minimum atomic E-state index is -0.943. The molecule has 0 aliphatic heterocycles. The van der Waals surface area contributed by atoms with Gasteiger partial charge in [0.05, 0.1) is 0 Å². The molecule has 0 fully saturated rings. The second-order valence-corrected chi connectivity index (χ2v) is 6.00. The van der Waals surface area contributed by atoms with Crippen LogP contribution in [0.25, 0.3) is 11.0 Å². The molecule has 5 heteroatoms. The predicted octanol–water partition coefficient (Wildman–Crippen LogP) is 4.23. The van der Waals surface area contributed by atoms with Crippen molar-refractivity contribution in [2.24, 2.45) is 0 Å². The SMILES string of the molecule is Cc1ccc(NC(=O)C(C)OC(=O)c2cc3ccccc3o2)c(C)c1. The molecule has 128 valence electrons. The lowest BCUT2D eigenvalue weighted by atomic mass is 10.1. The van der Waals surface area contributed by atoms with Gasteiger partial charge in [-0.15, -0.1) is 0 Å². The molecule has 3 aromatic rings. The van der Waals surface area contributed by atoms with Crippen LogP contribution in [0.15, 0.2) is 52.9 Å². The van der Waals surface area contributed by atoms with Gasteiger partial charge in [0.15, 0.2) is 6.10 Å². The van der Waals surface area contributed by atoms with E-state index in [1.54, 1.807) is 12.1 Å². The zero-order valence-electron chi connectivity index (χ0n) is 14.3. The number of carbonyl (C=O) groups excluding carboxylic acids is 2. The molecule has 2 aromatic carbocycles. The van der Waals surface area contributed by atoms with Gasteiger partial charge in [-0.3, -0.25) is 4.79 Å². The molecule has 0 bridgehead atoms. The van der Waals surface area contributed by atoms with Crippen molar-refractivity contribution in [3.8, 4) is 0 Å². The maximum atomic E-state index is 12.3. The fourth-order valence-electron chi connectivity index (χ4n) is 2.54. The molecule has 0 aliphatic rings. The van der Waals surface area contributed by atoms with E-state index in [-0.39, 0.29) is 5.76 Å². The Kier molecular flexibility index (Phi) is 4.57. The second kappa shape index (κ2) is 6.81. The molecule has 0 saturated heterocycles. The Labute approximate surface area is 145 Å². The quantitative estimate of drug-likeness (QED) is 0.723. The Morgan fingerprint density at radius 2 is 1.84 bits per heavy atom. The number of esters is 1. The molecule has 25 heavy (non-hydrogen) atoms. The highest BCUT2D eigenvalue weighted by molar-refractivity contribution is 5.98. The van der Waals surface area contributed by atoms with Crippen molar-refractivity contribution in [3.05, 3.63) is 65.4 Å². The van der Waals surface area contributed by atoms with Gasteiger partial charge in [-0.1, -0.05) is 35.9 Å². The maximum Gasteiger partial charge on any atom is 0.375 e. The van der Waals surface area contributed by atoms with Crippen molar-refractivity contribution in [1.82, 2.24) is 0 Å². The van der Waals surface area contributed by atoms with Crippen LogP contribution in [0.5, 0.6) is 0 Å². The molecular weight excluding hydrogens is 318 g/mol. The first-order valence-electron chi connectivity index (χ1n) is 8.02. The van der Waals surface area contributed by atoms with Crippen LogP contribution in [0.4, 0.5) is 5.69 Å². The Balaban J connectivity index is 1.67. The summed E-state index contributed by atoms with van der Waals surface area (Å²) in [6, 6.07) is 14.6. The summed E-state index contributed by atoms with van der Waals surface area (Å²) in [5.41, 5.74) is 3.35. The molecule has 1 aromatic heterocycles. The van der Waals surface area contributed by atoms with Crippen molar-refractivity contribution in [2.45, 2.75) is 26.9 Å². The average molecular weight is 337 g/mol. The zero-order valence-corrected chi connectivity index (χ0v) is 14.3. The number of anilines is 1. The summed E-state index contributed by atoms with van der Waals surface area (Å²) in [6.07, 6.45) is -0.943. The number of rotatable bonds is 4. The number of hydrogen-bond donors (Lipinski definition) is 1. The zero-order chi connectivity index (χ0) is 18.0. The van der Waals surface area contributed by atoms with Gasteiger partial charge in [-0.05, 0) is 44.5 Å². The van der Waals surface area contributed by atoms with E-state index < -0.39 is 18.0 Å².